The fourth-order valence-corrected chi connectivity index (χ4v) is 8.56. The number of fused-ring (bicyclic) bond motifs is 10. The molecule has 0 radical (unpaired) electrons. The number of aromatic nitrogens is 4. The molecule has 44 heavy (non-hydrogen) atoms. The van der Waals surface area contributed by atoms with E-state index in [1.807, 2.05) is 51.3 Å². The Labute approximate surface area is 245 Å². The Morgan fingerprint density at radius 3 is 1.52 bits per heavy atom. The van der Waals surface area contributed by atoms with Crippen molar-refractivity contribution in [2.24, 2.45) is 0 Å². The van der Waals surface area contributed by atoms with E-state index >= 15 is 0 Å². The minimum absolute atomic E-state index is 0.0547. The van der Waals surface area contributed by atoms with Crippen molar-refractivity contribution in [1.29, 1.82) is 0 Å². The molecule has 0 aliphatic carbocycles. The predicted octanol–water partition coefficient (Wildman–Crippen LogP) is 7.80. The fourth-order valence-electron chi connectivity index (χ4n) is 8.56. The molecule has 0 N–H and O–H groups in total. The van der Waals surface area contributed by atoms with Crippen molar-refractivity contribution in [3.05, 3.63) is 130 Å². The van der Waals surface area contributed by atoms with E-state index in [9.17, 15) is 9.59 Å². The van der Waals surface area contributed by atoms with Crippen LogP contribution in [0, 0.1) is 0 Å². The van der Waals surface area contributed by atoms with Crippen LogP contribution in [-0.4, -0.2) is 17.6 Å². The number of para-hydroxylation sites is 2. The summed E-state index contributed by atoms with van der Waals surface area (Å²) in [5.74, 6) is 0. The van der Waals surface area contributed by atoms with Crippen LogP contribution >= 0.6 is 0 Å². The molecule has 0 aliphatic rings. The Hall–Kier alpha value is -6.14. The van der Waals surface area contributed by atoms with Gasteiger partial charge in [-0.15, -0.1) is 0 Å². The molecule has 0 atom stereocenters. The van der Waals surface area contributed by atoms with Crippen LogP contribution in [0.4, 0.5) is 0 Å². The van der Waals surface area contributed by atoms with E-state index in [1.165, 1.54) is 0 Å². The van der Waals surface area contributed by atoms with Crippen molar-refractivity contribution in [3.8, 4) is 0 Å². The third-order valence-electron chi connectivity index (χ3n) is 10.2. The molecule has 6 heteroatoms. The number of benzene rings is 6. The SMILES string of the molecule is O=c1c2ccccc2c2ccc3c4c2n1c1cccc2c1n4c1c4c(cc5c6ccccc6n2c51)c1ccccc1c(=O)n34. The summed E-state index contributed by atoms with van der Waals surface area (Å²) in [6.45, 7) is 0. The molecule has 6 nitrogen and oxygen atoms in total. The molecule has 12 rings (SSSR count). The van der Waals surface area contributed by atoms with E-state index in [4.69, 9.17) is 0 Å². The lowest BCUT2D eigenvalue weighted by Gasteiger charge is -2.25. The Morgan fingerprint density at radius 1 is 0.295 bits per heavy atom. The average Bonchev–Trinajstić information content (AvgIpc) is 3.41. The van der Waals surface area contributed by atoms with E-state index in [0.717, 1.165) is 87.5 Å². The topological polar surface area (TPSA) is 51.8 Å². The smallest absolute Gasteiger partial charge is 0.263 e. The molecule has 0 bridgehead atoms. The molecule has 0 unspecified atom stereocenters. The van der Waals surface area contributed by atoms with E-state index in [-0.39, 0.29) is 11.1 Å². The molecule has 202 valence electrons. The van der Waals surface area contributed by atoms with Crippen LogP contribution in [0.2, 0.25) is 0 Å². The van der Waals surface area contributed by atoms with E-state index in [0.29, 0.717) is 10.8 Å². The van der Waals surface area contributed by atoms with Crippen molar-refractivity contribution in [1.82, 2.24) is 17.6 Å². The quantitative estimate of drug-likeness (QED) is 0.140. The molecule has 0 spiro atoms. The molecular formula is C38H18N4O2. The normalized spacial score (nSPS) is 13.2. The number of hydrogen-bond acceptors (Lipinski definition) is 2. The van der Waals surface area contributed by atoms with Crippen LogP contribution in [0.25, 0.3) is 98.3 Å². The summed E-state index contributed by atoms with van der Waals surface area (Å²) >= 11 is 0. The first-order chi connectivity index (χ1) is 21.7. The summed E-state index contributed by atoms with van der Waals surface area (Å²) in [7, 11) is 0. The second-order valence-corrected chi connectivity index (χ2v) is 12.1. The number of pyridine rings is 2. The van der Waals surface area contributed by atoms with Crippen LogP contribution < -0.4 is 11.1 Å². The monoisotopic (exact) mass is 562 g/mol. The molecule has 0 aliphatic heterocycles. The van der Waals surface area contributed by atoms with Gasteiger partial charge >= 0.3 is 0 Å². The highest BCUT2D eigenvalue weighted by Gasteiger charge is 2.29. The van der Waals surface area contributed by atoms with E-state index in [1.54, 1.807) is 0 Å². The van der Waals surface area contributed by atoms with E-state index < -0.39 is 0 Å². The lowest BCUT2D eigenvalue weighted by molar-refractivity contribution is 1.11. The molecule has 0 saturated heterocycles. The van der Waals surface area contributed by atoms with Gasteiger partial charge in [0.15, 0.2) is 0 Å². The maximum absolute atomic E-state index is 14.6. The molecule has 0 fully saturated rings. The molecule has 0 saturated carbocycles. The zero-order valence-electron chi connectivity index (χ0n) is 23.0. The highest BCUT2D eigenvalue weighted by Crippen LogP contribution is 2.45. The minimum Gasteiger partial charge on any atom is -0.305 e. The van der Waals surface area contributed by atoms with Crippen molar-refractivity contribution in [2.45, 2.75) is 0 Å². The Kier molecular flexibility index (Phi) is 3.30. The van der Waals surface area contributed by atoms with Gasteiger partial charge in [0.05, 0.1) is 55.2 Å². The molecule has 0 amide bonds. The van der Waals surface area contributed by atoms with Crippen LogP contribution in [-0.2, 0) is 0 Å². The highest BCUT2D eigenvalue weighted by molar-refractivity contribution is 6.29. The van der Waals surface area contributed by atoms with Crippen LogP contribution in [0.15, 0.2) is 119 Å². The first-order valence-electron chi connectivity index (χ1n) is 14.8. The van der Waals surface area contributed by atoms with Crippen LogP contribution in [0.1, 0.15) is 0 Å². The number of nitrogens with zero attached hydrogens (tertiary/aromatic N) is 4. The fraction of sp³-hybridized carbons (Fsp3) is 0. The zero-order chi connectivity index (χ0) is 28.6. The maximum atomic E-state index is 14.6. The Morgan fingerprint density at radius 2 is 0.795 bits per heavy atom. The summed E-state index contributed by atoms with van der Waals surface area (Å²) in [5, 5.41) is 7.55. The second-order valence-electron chi connectivity index (χ2n) is 12.1. The zero-order valence-corrected chi connectivity index (χ0v) is 23.0. The van der Waals surface area contributed by atoms with Crippen LogP contribution in [0.5, 0.6) is 0 Å². The predicted molar refractivity (Wildman–Crippen MR) is 179 cm³/mol. The van der Waals surface area contributed by atoms with Gasteiger partial charge in [-0.05, 0) is 59.3 Å². The third-order valence-corrected chi connectivity index (χ3v) is 10.2. The minimum atomic E-state index is -0.0577. The van der Waals surface area contributed by atoms with Gasteiger partial charge < -0.3 is 4.40 Å². The first kappa shape index (κ1) is 21.5. The van der Waals surface area contributed by atoms with Gasteiger partial charge in [-0.2, -0.15) is 0 Å². The van der Waals surface area contributed by atoms with Crippen molar-refractivity contribution in [3.63, 3.8) is 0 Å². The summed E-state index contributed by atoms with van der Waals surface area (Å²) < 4.78 is 8.48. The van der Waals surface area contributed by atoms with Gasteiger partial charge in [-0.25, -0.2) is 0 Å². The molecule has 6 aromatic heterocycles. The number of rotatable bonds is 0. The van der Waals surface area contributed by atoms with Crippen LogP contribution in [0.3, 0.4) is 0 Å². The maximum Gasteiger partial charge on any atom is 0.263 e. The van der Waals surface area contributed by atoms with Gasteiger partial charge in [-0.1, -0.05) is 60.7 Å². The van der Waals surface area contributed by atoms with Crippen molar-refractivity contribution < 1.29 is 0 Å². The average molecular weight is 563 g/mol. The first-order valence-corrected chi connectivity index (χ1v) is 14.8. The summed E-state index contributed by atoms with van der Waals surface area (Å²) in [5.41, 5.74) is 9.27. The lowest BCUT2D eigenvalue weighted by Crippen LogP contribution is -2.22. The lowest BCUT2D eigenvalue weighted by atomic mass is 9.99. The van der Waals surface area contributed by atoms with Crippen molar-refractivity contribution in [2.75, 3.05) is 0 Å². The second kappa shape index (κ2) is 6.74. The highest BCUT2D eigenvalue weighted by atomic mass is 16.1. The largest absolute Gasteiger partial charge is 0.305 e. The molecular weight excluding hydrogens is 544 g/mol. The number of hydrogen-bond donors (Lipinski definition) is 0. The standard InChI is InChI=1S/C38H18N4O2/c43-37-23-11-3-1-8-19(23)22-16-17-30-35-31(22)40(37)29-15-7-14-28-34(29)42(35)36-32-26(21-10-5-6-13-27(21)39(28)32)18-25-20-9-2-4-12-24(20)38(44)41(30)33(25)36/h1-18H. The molecule has 6 heterocycles. The van der Waals surface area contributed by atoms with Gasteiger partial charge in [-0.3, -0.25) is 22.8 Å². The van der Waals surface area contributed by atoms with Gasteiger partial charge in [0, 0.05) is 32.3 Å². The van der Waals surface area contributed by atoms with Gasteiger partial charge in [0.2, 0.25) is 0 Å². The summed E-state index contributed by atoms with van der Waals surface area (Å²) in [4.78, 5) is 29.1. The Bertz CT molecular complexity index is 3370. The summed E-state index contributed by atoms with van der Waals surface area (Å²) in [6.07, 6.45) is 0. The van der Waals surface area contributed by atoms with E-state index in [2.05, 4.69) is 75.5 Å². The summed E-state index contributed by atoms with van der Waals surface area (Å²) in [6, 6.07) is 37.0. The van der Waals surface area contributed by atoms with Gasteiger partial charge in [0.25, 0.3) is 11.1 Å². The molecule has 6 aromatic carbocycles. The third kappa shape index (κ3) is 2.05. The van der Waals surface area contributed by atoms with Crippen molar-refractivity contribution >= 4 is 98.3 Å². The Balaban J connectivity index is 1.62. The molecule has 12 aromatic rings. The van der Waals surface area contributed by atoms with Gasteiger partial charge in [0.1, 0.15) is 0 Å².